The summed E-state index contributed by atoms with van der Waals surface area (Å²) in [6.07, 6.45) is 2.69. The van der Waals surface area contributed by atoms with E-state index in [0.717, 1.165) is 30.0 Å². The van der Waals surface area contributed by atoms with Crippen molar-refractivity contribution >= 4 is 33.0 Å². The summed E-state index contributed by atoms with van der Waals surface area (Å²) >= 11 is 1.63. The molecule has 1 N–H and O–H groups in total. The molecule has 0 radical (unpaired) electrons. The standard InChI is InChI=1S/C19H26N4O3S2/c1-3-19-21-16(14-27-19)12-22(2)13-18(24)20-15-7-6-8-17(11-15)28(25,26)23-9-4-5-10-23/h6-8,11,14H,3-5,9-10,12-13H2,1-2H3,(H,20,24). The minimum Gasteiger partial charge on any atom is -0.325 e. The molecule has 1 aromatic carbocycles. The van der Waals surface area contributed by atoms with Crippen molar-refractivity contribution in [2.45, 2.75) is 37.6 Å². The van der Waals surface area contributed by atoms with Crippen LogP contribution in [0.25, 0.3) is 0 Å². The maximum atomic E-state index is 12.7. The van der Waals surface area contributed by atoms with E-state index in [1.165, 1.54) is 10.4 Å². The number of rotatable bonds is 8. The highest BCUT2D eigenvalue weighted by Gasteiger charge is 2.27. The van der Waals surface area contributed by atoms with E-state index in [2.05, 4.69) is 17.2 Å². The number of aryl methyl sites for hydroxylation is 1. The van der Waals surface area contributed by atoms with Crippen LogP contribution in [0.15, 0.2) is 34.5 Å². The van der Waals surface area contributed by atoms with Crippen molar-refractivity contribution in [3.05, 3.63) is 40.3 Å². The van der Waals surface area contributed by atoms with Crippen LogP contribution in [0.1, 0.15) is 30.5 Å². The topological polar surface area (TPSA) is 82.6 Å². The van der Waals surface area contributed by atoms with Gasteiger partial charge in [0.25, 0.3) is 0 Å². The Hall–Kier alpha value is -1.81. The van der Waals surface area contributed by atoms with Crippen LogP contribution in [0.4, 0.5) is 5.69 Å². The molecule has 0 atom stereocenters. The summed E-state index contributed by atoms with van der Waals surface area (Å²) in [6, 6.07) is 6.46. The van der Waals surface area contributed by atoms with E-state index in [1.807, 2.05) is 17.3 Å². The molecule has 0 bridgehead atoms. The van der Waals surface area contributed by atoms with Gasteiger partial charge in [-0.05, 0) is 44.5 Å². The normalized spacial score (nSPS) is 15.2. The first-order chi connectivity index (χ1) is 13.4. The number of hydrogen-bond donors (Lipinski definition) is 1. The van der Waals surface area contributed by atoms with Gasteiger partial charge in [-0.2, -0.15) is 4.31 Å². The van der Waals surface area contributed by atoms with E-state index in [9.17, 15) is 13.2 Å². The largest absolute Gasteiger partial charge is 0.325 e. The molecule has 152 valence electrons. The van der Waals surface area contributed by atoms with Gasteiger partial charge in [-0.1, -0.05) is 13.0 Å². The Morgan fingerprint density at radius 2 is 2.07 bits per heavy atom. The van der Waals surface area contributed by atoms with Crippen molar-refractivity contribution in [1.29, 1.82) is 0 Å². The first kappa shape index (κ1) is 20.9. The lowest BCUT2D eigenvalue weighted by atomic mass is 10.3. The summed E-state index contributed by atoms with van der Waals surface area (Å²) in [4.78, 5) is 19.0. The third kappa shape index (κ3) is 5.16. The van der Waals surface area contributed by atoms with Gasteiger partial charge in [-0.3, -0.25) is 9.69 Å². The highest BCUT2D eigenvalue weighted by Crippen LogP contribution is 2.23. The van der Waals surface area contributed by atoms with Crippen LogP contribution in [-0.2, 0) is 27.8 Å². The SMILES string of the molecule is CCc1nc(CN(C)CC(=O)Nc2cccc(S(=O)(=O)N3CCCC3)c2)cs1. The van der Waals surface area contributed by atoms with Gasteiger partial charge in [-0.25, -0.2) is 13.4 Å². The van der Waals surface area contributed by atoms with Gasteiger partial charge >= 0.3 is 0 Å². The van der Waals surface area contributed by atoms with Crippen LogP contribution >= 0.6 is 11.3 Å². The summed E-state index contributed by atoms with van der Waals surface area (Å²) in [5.74, 6) is -0.191. The molecule has 1 saturated heterocycles. The summed E-state index contributed by atoms with van der Waals surface area (Å²) in [6.45, 7) is 3.97. The monoisotopic (exact) mass is 422 g/mol. The molecule has 1 aromatic heterocycles. The lowest BCUT2D eigenvalue weighted by Gasteiger charge is -2.17. The molecular weight excluding hydrogens is 396 g/mol. The highest BCUT2D eigenvalue weighted by molar-refractivity contribution is 7.89. The molecule has 1 aliphatic rings. The number of anilines is 1. The van der Waals surface area contributed by atoms with Crippen molar-refractivity contribution in [1.82, 2.24) is 14.2 Å². The zero-order valence-electron chi connectivity index (χ0n) is 16.2. The van der Waals surface area contributed by atoms with Crippen LogP contribution in [0.3, 0.4) is 0 Å². The average Bonchev–Trinajstić information content (AvgIpc) is 3.33. The number of amides is 1. The molecule has 1 aliphatic heterocycles. The van der Waals surface area contributed by atoms with E-state index >= 15 is 0 Å². The van der Waals surface area contributed by atoms with E-state index in [-0.39, 0.29) is 17.3 Å². The lowest BCUT2D eigenvalue weighted by molar-refractivity contribution is -0.117. The van der Waals surface area contributed by atoms with Gasteiger partial charge in [0.15, 0.2) is 0 Å². The number of carbonyl (C=O) groups is 1. The van der Waals surface area contributed by atoms with Crippen molar-refractivity contribution < 1.29 is 13.2 Å². The highest BCUT2D eigenvalue weighted by atomic mass is 32.2. The van der Waals surface area contributed by atoms with Crippen LogP contribution in [-0.4, -0.2) is 55.2 Å². The van der Waals surface area contributed by atoms with Crippen LogP contribution in [0.2, 0.25) is 0 Å². The zero-order valence-corrected chi connectivity index (χ0v) is 17.9. The molecule has 2 aromatic rings. The van der Waals surface area contributed by atoms with Crippen molar-refractivity contribution in [2.24, 2.45) is 0 Å². The summed E-state index contributed by atoms with van der Waals surface area (Å²) in [7, 11) is -1.64. The Morgan fingerprint density at radius 1 is 1.32 bits per heavy atom. The van der Waals surface area contributed by atoms with Crippen LogP contribution < -0.4 is 5.32 Å². The minimum atomic E-state index is -3.50. The van der Waals surface area contributed by atoms with Gasteiger partial charge in [0, 0.05) is 30.7 Å². The fourth-order valence-electron chi connectivity index (χ4n) is 3.17. The van der Waals surface area contributed by atoms with Gasteiger partial charge in [0.2, 0.25) is 15.9 Å². The maximum Gasteiger partial charge on any atom is 0.243 e. The molecule has 0 unspecified atom stereocenters. The second-order valence-corrected chi connectivity index (χ2v) is 9.83. The molecule has 1 fully saturated rings. The molecule has 1 amide bonds. The van der Waals surface area contributed by atoms with E-state index in [0.29, 0.717) is 25.3 Å². The third-order valence-corrected chi connectivity index (χ3v) is 7.50. The predicted octanol–water partition coefficient (Wildman–Crippen LogP) is 2.56. The third-order valence-electron chi connectivity index (χ3n) is 4.57. The van der Waals surface area contributed by atoms with Crippen LogP contribution in [0, 0.1) is 0 Å². The Kier molecular flexibility index (Phi) is 6.82. The number of aromatic nitrogens is 1. The Balaban J connectivity index is 1.59. The molecule has 0 aliphatic carbocycles. The molecule has 3 rings (SSSR count). The van der Waals surface area contributed by atoms with Gasteiger partial charge in [0.05, 0.1) is 22.1 Å². The lowest BCUT2D eigenvalue weighted by Crippen LogP contribution is -2.30. The first-order valence-electron chi connectivity index (χ1n) is 9.40. The first-order valence-corrected chi connectivity index (χ1v) is 11.7. The van der Waals surface area contributed by atoms with Crippen molar-refractivity contribution in [3.8, 4) is 0 Å². The number of benzene rings is 1. The predicted molar refractivity (Wildman–Crippen MR) is 111 cm³/mol. The Labute approximate surface area is 170 Å². The summed E-state index contributed by atoms with van der Waals surface area (Å²) < 4.78 is 26.9. The van der Waals surface area contributed by atoms with Crippen molar-refractivity contribution in [2.75, 3.05) is 32.0 Å². The zero-order chi connectivity index (χ0) is 20.1. The summed E-state index contributed by atoms with van der Waals surface area (Å²) in [5, 5.41) is 5.90. The second-order valence-electron chi connectivity index (χ2n) is 6.95. The van der Waals surface area contributed by atoms with Gasteiger partial charge in [-0.15, -0.1) is 11.3 Å². The molecule has 0 saturated carbocycles. The minimum absolute atomic E-state index is 0.191. The quantitative estimate of drug-likeness (QED) is 0.707. The van der Waals surface area contributed by atoms with E-state index in [4.69, 9.17) is 0 Å². The summed E-state index contributed by atoms with van der Waals surface area (Å²) in [5.41, 5.74) is 1.44. The number of likely N-dealkylation sites (N-methyl/N-ethyl adjacent to an activating group) is 1. The number of carbonyl (C=O) groups excluding carboxylic acids is 1. The van der Waals surface area contributed by atoms with E-state index in [1.54, 1.807) is 29.5 Å². The average molecular weight is 423 g/mol. The number of nitrogens with one attached hydrogen (secondary N) is 1. The Bertz CT molecular complexity index is 921. The smallest absolute Gasteiger partial charge is 0.243 e. The molecule has 9 heteroatoms. The number of sulfonamides is 1. The van der Waals surface area contributed by atoms with Gasteiger partial charge in [0.1, 0.15) is 0 Å². The van der Waals surface area contributed by atoms with E-state index < -0.39 is 10.0 Å². The number of nitrogens with zero attached hydrogens (tertiary/aromatic N) is 3. The molecular formula is C19H26N4O3S2. The number of hydrogen-bond acceptors (Lipinski definition) is 6. The molecule has 2 heterocycles. The number of thiazole rings is 1. The molecule has 7 nitrogen and oxygen atoms in total. The fourth-order valence-corrected chi connectivity index (χ4v) is 5.47. The Morgan fingerprint density at radius 3 is 2.75 bits per heavy atom. The fraction of sp³-hybridized carbons (Fsp3) is 0.474. The van der Waals surface area contributed by atoms with Gasteiger partial charge < -0.3 is 5.32 Å². The second kappa shape index (κ2) is 9.13. The van der Waals surface area contributed by atoms with Crippen molar-refractivity contribution in [3.63, 3.8) is 0 Å². The molecule has 0 spiro atoms. The molecule has 28 heavy (non-hydrogen) atoms. The maximum absolute atomic E-state index is 12.7. The van der Waals surface area contributed by atoms with Crippen LogP contribution in [0.5, 0.6) is 0 Å².